The van der Waals surface area contributed by atoms with Crippen LogP contribution in [0.1, 0.15) is 21.9 Å². The molecule has 2 aromatic heterocycles. The number of hydrogen-bond acceptors (Lipinski definition) is 4. The molecule has 0 spiro atoms. The number of furan rings is 2. The van der Waals surface area contributed by atoms with Gasteiger partial charge < -0.3 is 13.9 Å². The van der Waals surface area contributed by atoms with Crippen molar-refractivity contribution >= 4 is 28.7 Å². The van der Waals surface area contributed by atoms with Crippen LogP contribution in [0.5, 0.6) is 0 Å². The van der Waals surface area contributed by atoms with E-state index >= 15 is 0 Å². The number of aryl methyl sites for hydroxylation is 1. The molecule has 0 aliphatic heterocycles. The number of benzene rings is 1. The number of thioether (sulfide) groups is 1. The molecule has 0 fully saturated rings. The van der Waals surface area contributed by atoms with Crippen molar-refractivity contribution in [2.75, 3.05) is 0 Å². The summed E-state index contributed by atoms with van der Waals surface area (Å²) in [5.41, 5.74) is 1.31. The Balaban J connectivity index is 1.99. The zero-order chi connectivity index (χ0) is 14.1. The molecule has 0 saturated heterocycles. The van der Waals surface area contributed by atoms with Crippen molar-refractivity contribution in [1.29, 1.82) is 0 Å². The van der Waals surface area contributed by atoms with Crippen molar-refractivity contribution in [3.05, 3.63) is 53.7 Å². The molecule has 0 unspecified atom stereocenters. The Bertz CT molecular complexity index is 769. The van der Waals surface area contributed by atoms with Crippen LogP contribution in [0.2, 0.25) is 0 Å². The number of para-hydroxylation sites is 1. The Morgan fingerprint density at radius 2 is 2.10 bits per heavy atom. The Hall–Kier alpha value is -2.14. The highest BCUT2D eigenvalue weighted by atomic mass is 32.2. The monoisotopic (exact) mass is 288 g/mol. The van der Waals surface area contributed by atoms with Crippen LogP contribution < -0.4 is 0 Å². The molecule has 0 aliphatic rings. The van der Waals surface area contributed by atoms with E-state index in [-0.39, 0.29) is 5.76 Å². The molecule has 0 atom stereocenters. The average molecular weight is 288 g/mol. The summed E-state index contributed by atoms with van der Waals surface area (Å²) < 4.78 is 10.7. The summed E-state index contributed by atoms with van der Waals surface area (Å²) in [5, 5.41) is 10.1. The summed E-state index contributed by atoms with van der Waals surface area (Å²) in [5.74, 6) is 0.333. The fourth-order valence-electron chi connectivity index (χ4n) is 2.09. The van der Waals surface area contributed by atoms with Crippen molar-refractivity contribution in [3.8, 4) is 0 Å². The van der Waals surface area contributed by atoms with E-state index in [4.69, 9.17) is 8.83 Å². The second-order valence-corrected chi connectivity index (χ2v) is 5.36. The summed E-state index contributed by atoms with van der Waals surface area (Å²) in [6.45, 7) is 1.88. The van der Waals surface area contributed by atoms with Gasteiger partial charge in [-0.1, -0.05) is 18.2 Å². The Labute approximate surface area is 119 Å². The molecule has 2 heterocycles. The van der Waals surface area contributed by atoms with Crippen LogP contribution in [0.25, 0.3) is 11.0 Å². The lowest BCUT2D eigenvalue weighted by atomic mass is 10.1. The van der Waals surface area contributed by atoms with E-state index in [1.807, 2.05) is 31.2 Å². The summed E-state index contributed by atoms with van der Waals surface area (Å²) in [6, 6.07) is 9.24. The minimum atomic E-state index is -1.04. The second-order valence-electron chi connectivity index (χ2n) is 4.34. The second kappa shape index (κ2) is 5.09. The molecule has 0 saturated carbocycles. The number of carboxylic acids is 1. The van der Waals surface area contributed by atoms with Gasteiger partial charge in [0.1, 0.15) is 11.3 Å². The molecule has 1 N–H and O–H groups in total. The van der Waals surface area contributed by atoms with Crippen LogP contribution in [-0.4, -0.2) is 11.1 Å². The minimum absolute atomic E-state index is 0.0137. The molecule has 0 bridgehead atoms. The van der Waals surface area contributed by atoms with Gasteiger partial charge in [-0.05, 0) is 19.1 Å². The zero-order valence-electron chi connectivity index (χ0n) is 10.8. The Kier molecular flexibility index (Phi) is 3.28. The number of carboxylic acid groups (broad SMARTS) is 1. The minimum Gasteiger partial charge on any atom is -0.475 e. The molecule has 3 aromatic rings. The average Bonchev–Trinajstić information content (AvgIpc) is 3.00. The van der Waals surface area contributed by atoms with Crippen LogP contribution in [0.3, 0.4) is 0 Å². The quantitative estimate of drug-likeness (QED) is 0.724. The summed E-state index contributed by atoms with van der Waals surface area (Å²) in [6.07, 6.45) is 1.63. The van der Waals surface area contributed by atoms with Crippen LogP contribution in [-0.2, 0) is 5.75 Å². The van der Waals surface area contributed by atoms with E-state index in [1.54, 1.807) is 24.1 Å². The summed E-state index contributed by atoms with van der Waals surface area (Å²) >= 11 is 1.54. The summed E-state index contributed by atoms with van der Waals surface area (Å²) in [7, 11) is 0. The van der Waals surface area contributed by atoms with Crippen molar-refractivity contribution < 1.29 is 18.7 Å². The molecule has 0 radical (unpaired) electrons. The van der Waals surface area contributed by atoms with Gasteiger partial charge >= 0.3 is 5.97 Å². The summed E-state index contributed by atoms with van der Waals surface area (Å²) in [4.78, 5) is 12.3. The largest absolute Gasteiger partial charge is 0.475 e. The highest BCUT2D eigenvalue weighted by Gasteiger charge is 2.20. The van der Waals surface area contributed by atoms with Crippen LogP contribution in [0.15, 0.2) is 50.3 Å². The van der Waals surface area contributed by atoms with Gasteiger partial charge in [0, 0.05) is 21.6 Å². The van der Waals surface area contributed by atoms with E-state index in [9.17, 15) is 9.90 Å². The lowest BCUT2D eigenvalue weighted by Gasteiger charge is -2.00. The van der Waals surface area contributed by atoms with Gasteiger partial charge in [0.2, 0.25) is 5.76 Å². The Morgan fingerprint density at radius 3 is 2.80 bits per heavy atom. The van der Waals surface area contributed by atoms with E-state index in [0.29, 0.717) is 16.9 Å². The molecular formula is C15H12O4S. The molecular weight excluding hydrogens is 276 g/mol. The highest BCUT2D eigenvalue weighted by Crippen LogP contribution is 2.33. The maximum Gasteiger partial charge on any atom is 0.372 e. The van der Waals surface area contributed by atoms with Crippen LogP contribution in [0.4, 0.5) is 0 Å². The van der Waals surface area contributed by atoms with Gasteiger partial charge in [0.15, 0.2) is 0 Å². The third-order valence-electron chi connectivity index (χ3n) is 3.08. The Morgan fingerprint density at radius 1 is 1.30 bits per heavy atom. The fraction of sp³-hybridized carbons (Fsp3) is 0.133. The number of aromatic carboxylic acids is 1. The van der Waals surface area contributed by atoms with E-state index in [2.05, 4.69) is 0 Å². The standard InChI is InChI=1S/C15H12O4S/c1-9-13(6-7-18-9)20-8-11-10-4-2-3-5-12(10)19-14(11)15(16)17/h2-7H,8H2,1H3,(H,16,17). The number of hydrogen-bond donors (Lipinski definition) is 1. The van der Waals surface area contributed by atoms with Crippen LogP contribution >= 0.6 is 11.8 Å². The molecule has 4 nitrogen and oxygen atoms in total. The molecule has 3 rings (SSSR count). The highest BCUT2D eigenvalue weighted by molar-refractivity contribution is 7.98. The lowest BCUT2D eigenvalue weighted by molar-refractivity contribution is 0.0664. The van der Waals surface area contributed by atoms with E-state index in [1.165, 1.54) is 0 Å². The molecule has 5 heteroatoms. The van der Waals surface area contributed by atoms with Crippen molar-refractivity contribution in [2.45, 2.75) is 17.6 Å². The predicted octanol–water partition coefficient (Wildman–Crippen LogP) is 4.32. The molecule has 0 amide bonds. The van der Waals surface area contributed by atoms with Crippen molar-refractivity contribution in [1.82, 2.24) is 0 Å². The molecule has 20 heavy (non-hydrogen) atoms. The van der Waals surface area contributed by atoms with E-state index < -0.39 is 5.97 Å². The predicted molar refractivity (Wildman–Crippen MR) is 76.2 cm³/mol. The first kappa shape index (κ1) is 12.9. The lowest BCUT2D eigenvalue weighted by Crippen LogP contribution is -1.97. The third kappa shape index (κ3) is 2.20. The van der Waals surface area contributed by atoms with Gasteiger partial charge in [-0.3, -0.25) is 0 Å². The van der Waals surface area contributed by atoms with Gasteiger partial charge in [-0.15, -0.1) is 11.8 Å². The van der Waals surface area contributed by atoms with Crippen molar-refractivity contribution in [2.24, 2.45) is 0 Å². The maximum atomic E-state index is 11.3. The van der Waals surface area contributed by atoms with Crippen molar-refractivity contribution in [3.63, 3.8) is 0 Å². The SMILES string of the molecule is Cc1occc1SCc1c(C(=O)O)oc2ccccc12. The van der Waals surface area contributed by atoms with Crippen LogP contribution in [0, 0.1) is 6.92 Å². The normalized spacial score (nSPS) is 11.1. The zero-order valence-corrected chi connectivity index (χ0v) is 11.6. The number of rotatable bonds is 4. The topological polar surface area (TPSA) is 63.6 Å². The maximum absolute atomic E-state index is 11.3. The molecule has 102 valence electrons. The van der Waals surface area contributed by atoms with Gasteiger partial charge in [-0.25, -0.2) is 4.79 Å². The first-order chi connectivity index (χ1) is 9.66. The first-order valence-corrected chi connectivity index (χ1v) is 7.06. The first-order valence-electron chi connectivity index (χ1n) is 6.07. The molecule has 0 aliphatic carbocycles. The van der Waals surface area contributed by atoms with Gasteiger partial charge in [-0.2, -0.15) is 0 Å². The van der Waals surface area contributed by atoms with Gasteiger partial charge in [0.25, 0.3) is 0 Å². The number of carbonyl (C=O) groups is 1. The van der Waals surface area contributed by atoms with E-state index in [0.717, 1.165) is 16.0 Å². The fourth-order valence-corrected chi connectivity index (χ4v) is 3.08. The smallest absolute Gasteiger partial charge is 0.372 e. The third-order valence-corrected chi connectivity index (χ3v) is 4.24. The molecule has 1 aromatic carbocycles. The van der Waals surface area contributed by atoms with Gasteiger partial charge in [0.05, 0.1) is 6.26 Å². The number of fused-ring (bicyclic) bond motifs is 1.